The van der Waals surface area contributed by atoms with Crippen molar-refractivity contribution in [2.24, 2.45) is 0 Å². The summed E-state index contributed by atoms with van der Waals surface area (Å²) < 4.78 is 20.9. The molecule has 0 fully saturated rings. The first-order valence-electron chi connectivity index (χ1n) is 4.19. The highest BCUT2D eigenvalue weighted by Crippen LogP contribution is 2.24. The Morgan fingerprint density at radius 3 is 2.76 bits per heavy atom. The molecule has 6 nitrogen and oxygen atoms in total. The zero-order valence-electron chi connectivity index (χ0n) is 8.32. The van der Waals surface area contributed by atoms with Gasteiger partial charge in [-0.25, -0.2) is 9.69 Å². The van der Waals surface area contributed by atoms with E-state index in [2.05, 4.69) is 11.8 Å². The maximum Gasteiger partial charge on any atom is 0.417 e. The van der Waals surface area contributed by atoms with Crippen LogP contribution in [-0.2, 0) is 10.3 Å². The predicted molar refractivity (Wildman–Crippen MR) is 63.8 cm³/mol. The van der Waals surface area contributed by atoms with Crippen molar-refractivity contribution in [1.82, 2.24) is 0 Å². The molecule has 0 aliphatic rings. The quantitative estimate of drug-likeness (QED) is 0.593. The average molecular weight is 273 g/mol. The Balaban J connectivity index is 3.08. The largest absolute Gasteiger partial charge is 0.464 e. The predicted octanol–water partition coefficient (Wildman–Crippen LogP) is 0.215. The highest BCUT2D eigenvalue weighted by atomic mass is 32.2. The minimum absolute atomic E-state index is 0.212. The molecule has 0 bridgehead atoms. The average Bonchev–Trinajstić information content (AvgIpc) is 2.70. The maximum atomic E-state index is 10.8. The topological polar surface area (TPSA) is 94.9 Å². The summed E-state index contributed by atoms with van der Waals surface area (Å²) in [5.74, 6) is 5.00. The molecule has 90 valence electrons. The van der Waals surface area contributed by atoms with Crippen LogP contribution in [0.15, 0.2) is 12.1 Å². The third kappa shape index (κ3) is 3.92. The molecule has 0 aliphatic heterocycles. The second kappa shape index (κ2) is 6.05. The molecule has 1 amide bonds. The normalized spacial score (nSPS) is 9.00. The van der Waals surface area contributed by atoms with Crippen molar-refractivity contribution in [3.8, 4) is 11.8 Å². The van der Waals surface area contributed by atoms with Gasteiger partial charge in [0, 0.05) is 0 Å². The van der Waals surface area contributed by atoms with Crippen molar-refractivity contribution < 1.29 is 23.4 Å². The highest BCUT2D eigenvalue weighted by molar-refractivity contribution is 7.71. The van der Waals surface area contributed by atoms with E-state index in [0.29, 0.717) is 15.3 Å². The van der Waals surface area contributed by atoms with E-state index < -0.39 is 16.4 Å². The van der Waals surface area contributed by atoms with Gasteiger partial charge in [-0.2, -0.15) is 8.42 Å². The van der Waals surface area contributed by atoms with Crippen molar-refractivity contribution in [1.29, 1.82) is 0 Å². The molecule has 2 N–H and O–H groups in total. The van der Waals surface area contributed by atoms with Gasteiger partial charge in [0.25, 0.3) is 0 Å². The number of aliphatic hydroxyl groups is 1. The van der Waals surface area contributed by atoms with Crippen LogP contribution in [0.25, 0.3) is 0 Å². The van der Waals surface area contributed by atoms with Crippen molar-refractivity contribution in [2.75, 3.05) is 11.5 Å². The summed E-state index contributed by atoms with van der Waals surface area (Å²) in [6, 6.07) is 2.98. The second-order valence-electron chi connectivity index (χ2n) is 2.62. The van der Waals surface area contributed by atoms with Gasteiger partial charge in [-0.3, -0.25) is 0 Å². The zero-order valence-corrected chi connectivity index (χ0v) is 9.96. The molecule has 0 saturated heterocycles. The van der Waals surface area contributed by atoms with Crippen LogP contribution >= 0.6 is 11.3 Å². The Labute approximate surface area is 102 Å². The third-order valence-electron chi connectivity index (χ3n) is 1.52. The molecular formula is C9H7NO5S2. The Morgan fingerprint density at radius 1 is 1.53 bits per heavy atom. The first-order valence-corrected chi connectivity index (χ1v) is 6.15. The molecule has 1 aromatic heterocycles. The molecule has 17 heavy (non-hydrogen) atoms. The number of carbonyl (C=O) groups is 1. The molecule has 0 radical (unpaired) electrons. The number of carboxylic acid groups (broad SMARTS) is 1. The van der Waals surface area contributed by atoms with E-state index in [0.717, 1.165) is 11.3 Å². The van der Waals surface area contributed by atoms with Crippen LogP contribution in [-0.4, -0.2) is 36.8 Å². The summed E-state index contributed by atoms with van der Waals surface area (Å²) in [6.07, 6.45) is -1.40. The van der Waals surface area contributed by atoms with E-state index in [1.165, 1.54) is 6.07 Å². The molecule has 8 heteroatoms. The first-order chi connectivity index (χ1) is 8.04. The summed E-state index contributed by atoms with van der Waals surface area (Å²) >= 11 is 1.01. The van der Waals surface area contributed by atoms with Crippen molar-refractivity contribution in [3.63, 3.8) is 0 Å². The molecule has 0 saturated carbocycles. The van der Waals surface area contributed by atoms with Gasteiger partial charge in [0.05, 0.1) is 4.88 Å². The van der Waals surface area contributed by atoms with Crippen molar-refractivity contribution in [3.05, 3.63) is 17.0 Å². The summed E-state index contributed by atoms with van der Waals surface area (Å²) in [5.41, 5.74) is 0.553. The van der Waals surface area contributed by atoms with Gasteiger partial charge in [-0.1, -0.05) is 11.8 Å². The van der Waals surface area contributed by atoms with Gasteiger partial charge >= 0.3 is 6.09 Å². The number of hydrogen-bond donors (Lipinski definition) is 2. The number of hydrogen-bond acceptors (Lipinski definition) is 5. The van der Waals surface area contributed by atoms with Crippen LogP contribution in [0.3, 0.4) is 0 Å². The van der Waals surface area contributed by atoms with Gasteiger partial charge in [-0.15, -0.1) is 11.3 Å². The van der Waals surface area contributed by atoms with Gasteiger partial charge in [0.2, 0.25) is 10.3 Å². The molecule has 0 aliphatic carbocycles. The van der Waals surface area contributed by atoms with E-state index in [1.54, 1.807) is 6.07 Å². The maximum absolute atomic E-state index is 10.8. The number of rotatable bonds is 2. The number of aliphatic hydroxyl groups excluding tert-OH is 1. The third-order valence-corrected chi connectivity index (χ3v) is 2.90. The minimum atomic E-state index is -2.61. The Morgan fingerprint density at radius 2 is 2.24 bits per heavy atom. The fourth-order valence-corrected chi connectivity index (χ4v) is 2.22. The summed E-state index contributed by atoms with van der Waals surface area (Å²) in [7, 11) is -2.61. The molecular weight excluding hydrogens is 266 g/mol. The fraction of sp³-hybridized carbons (Fsp3) is 0.111. The molecule has 1 rings (SSSR count). The Hall–Kier alpha value is -1.82. The molecule has 0 aromatic carbocycles. The standard InChI is InChI=1S/C9H7NO5S2/c11-5-1-2-7-3-4-8(16-7)10(9(12)13)6-17(14)15/h3-4,6,11H,5H2,(H,12,13). The van der Waals surface area contributed by atoms with Gasteiger partial charge in [-0.05, 0) is 12.1 Å². The number of thiophene rings is 1. The molecule has 0 atom stereocenters. The van der Waals surface area contributed by atoms with E-state index in [4.69, 9.17) is 10.2 Å². The van der Waals surface area contributed by atoms with Gasteiger partial charge < -0.3 is 10.2 Å². The second-order valence-corrected chi connectivity index (χ2v) is 4.41. The number of amides is 1. The van der Waals surface area contributed by atoms with Crippen LogP contribution in [0.2, 0.25) is 0 Å². The SMILES string of the molecule is O=C(O)N(C=S(=O)=O)c1ccc(C#CCO)s1. The summed E-state index contributed by atoms with van der Waals surface area (Å²) in [4.78, 5) is 11.9. The van der Waals surface area contributed by atoms with Gasteiger partial charge in [0.15, 0.2) is 0 Å². The Bertz CT molecular complexity index is 597. The lowest BCUT2D eigenvalue weighted by Crippen LogP contribution is -2.26. The molecule has 1 aromatic rings. The zero-order chi connectivity index (χ0) is 12.8. The summed E-state index contributed by atoms with van der Waals surface area (Å²) in [5, 5.41) is 17.5. The molecule has 0 unspecified atom stereocenters. The number of nitrogens with zero attached hydrogens (tertiary/aromatic N) is 1. The van der Waals surface area contributed by atoms with Gasteiger partial charge in [0.1, 0.15) is 17.1 Å². The smallest absolute Gasteiger partial charge is 0.417 e. The lowest BCUT2D eigenvalue weighted by Gasteiger charge is -2.07. The Kier molecular flexibility index (Phi) is 4.71. The van der Waals surface area contributed by atoms with Crippen molar-refractivity contribution >= 4 is 38.2 Å². The molecule has 1 heterocycles. The van der Waals surface area contributed by atoms with Crippen LogP contribution < -0.4 is 4.90 Å². The van der Waals surface area contributed by atoms with E-state index in [9.17, 15) is 13.2 Å². The molecule has 0 spiro atoms. The van der Waals surface area contributed by atoms with Crippen LogP contribution in [0.1, 0.15) is 4.88 Å². The van der Waals surface area contributed by atoms with Crippen LogP contribution in [0.4, 0.5) is 9.80 Å². The summed E-state index contributed by atoms with van der Waals surface area (Å²) in [6.45, 7) is -0.299. The van der Waals surface area contributed by atoms with E-state index in [-0.39, 0.29) is 11.6 Å². The minimum Gasteiger partial charge on any atom is -0.464 e. The van der Waals surface area contributed by atoms with E-state index in [1.807, 2.05) is 0 Å². The first kappa shape index (κ1) is 13.2. The number of anilines is 1. The fourth-order valence-electron chi connectivity index (χ4n) is 0.928. The lowest BCUT2D eigenvalue weighted by molar-refractivity contribution is 0.206. The van der Waals surface area contributed by atoms with Crippen LogP contribution in [0, 0.1) is 11.8 Å². The van der Waals surface area contributed by atoms with Crippen molar-refractivity contribution in [2.45, 2.75) is 0 Å². The monoisotopic (exact) mass is 273 g/mol. The van der Waals surface area contributed by atoms with E-state index >= 15 is 0 Å². The van der Waals surface area contributed by atoms with Crippen LogP contribution in [0.5, 0.6) is 0 Å². The highest BCUT2D eigenvalue weighted by Gasteiger charge is 2.14. The lowest BCUT2D eigenvalue weighted by atomic mass is 10.4.